The molecule has 2 heterocycles. The van der Waals surface area contributed by atoms with Crippen LogP contribution in [0.2, 0.25) is 0 Å². The Morgan fingerprint density at radius 2 is 1.80 bits per heavy atom. The number of para-hydroxylation sites is 2. The molecule has 2 aromatic carbocycles. The predicted octanol–water partition coefficient (Wildman–Crippen LogP) is 4.07. The van der Waals surface area contributed by atoms with Crippen molar-refractivity contribution in [1.82, 2.24) is 24.2 Å². The van der Waals surface area contributed by atoms with Crippen molar-refractivity contribution < 1.29 is 18.0 Å². The summed E-state index contributed by atoms with van der Waals surface area (Å²) in [5.74, 6) is -0.903. The first-order valence-electron chi connectivity index (χ1n) is 10.7. The molecule has 0 aliphatic rings. The lowest BCUT2D eigenvalue weighted by Crippen LogP contribution is -2.37. The topological polar surface area (TPSA) is 73.8 Å². The molecule has 0 atom stereocenters. The van der Waals surface area contributed by atoms with E-state index in [1.165, 1.54) is 4.57 Å². The van der Waals surface area contributed by atoms with Crippen LogP contribution >= 0.6 is 0 Å². The SMILES string of the molecule is C=C/C=C\c1c(-c2ccc(-n3c(=O)n(CC(=O)NCC(F)(F)F)c4ccccc43)cc2)cnn1C. The smallest absolute Gasteiger partial charge is 0.345 e. The molecule has 0 saturated carbocycles. The number of halogens is 3. The highest BCUT2D eigenvalue weighted by molar-refractivity contribution is 5.82. The van der Waals surface area contributed by atoms with E-state index in [0.717, 1.165) is 21.4 Å². The quantitative estimate of drug-likeness (QED) is 0.405. The molecule has 0 spiro atoms. The third kappa shape index (κ3) is 4.96. The van der Waals surface area contributed by atoms with E-state index in [-0.39, 0.29) is 0 Å². The van der Waals surface area contributed by atoms with E-state index in [4.69, 9.17) is 0 Å². The van der Waals surface area contributed by atoms with Gasteiger partial charge in [0.25, 0.3) is 0 Å². The Bertz CT molecular complexity index is 1470. The highest BCUT2D eigenvalue weighted by atomic mass is 19.4. The van der Waals surface area contributed by atoms with Gasteiger partial charge in [0, 0.05) is 12.6 Å². The zero-order chi connectivity index (χ0) is 25.2. The van der Waals surface area contributed by atoms with Gasteiger partial charge < -0.3 is 5.32 Å². The average Bonchev–Trinajstić information content (AvgIpc) is 3.33. The Hall–Kier alpha value is -4.34. The van der Waals surface area contributed by atoms with Gasteiger partial charge in [-0.25, -0.2) is 4.79 Å². The van der Waals surface area contributed by atoms with Crippen molar-refractivity contribution in [2.75, 3.05) is 6.54 Å². The predicted molar refractivity (Wildman–Crippen MR) is 128 cm³/mol. The summed E-state index contributed by atoms with van der Waals surface area (Å²) in [6.07, 6.45) is 2.59. The summed E-state index contributed by atoms with van der Waals surface area (Å²) >= 11 is 0. The van der Waals surface area contributed by atoms with Crippen LogP contribution in [0, 0.1) is 0 Å². The minimum atomic E-state index is -4.54. The monoisotopic (exact) mass is 481 g/mol. The number of imidazole rings is 1. The molecule has 4 rings (SSSR count). The van der Waals surface area contributed by atoms with E-state index < -0.39 is 30.9 Å². The van der Waals surface area contributed by atoms with Crippen LogP contribution in [0.4, 0.5) is 13.2 Å². The van der Waals surface area contributed by atoms with Crippen molar-refractivity contribution in [2.24, 2.45) is 7.05 Å². The number of hydrogen-bond acceptors (Lipinski definition) is 3. The third-order valence-electron chi connectivity index (χ3n) is 5.43. The number of rotatable bonds is 7. The van der Waals surface area contributed by atoms with E-state index in [1.54, 1.807) is 58.7 Å². The molecule has 35 heavy (non-hydrogen) atoms. The molecule has 4 aromatic rings. The summed E-state index contributed by atoms with van der Waals surface area (Å²) in [5.41, 5.74) is 3.66. The Balaban J connectivity index is 1.70. The van der Waals surface area contributed by atoms with Gasteiger partial charge in [-0.3, -0.25) is 18.6 Å². The molecule has 0 radical (unpaired) electrons. The normalized spacial score (nSPS) is 11.9. The number of allylic oxidation sites excluding steroid dienone is 2. The fourth-order valence-electron chi connectivity index (χ4n) is 3.83. The molecule has 0 aliphatic heterocycles. The van der Waals surface area contributed by atoms with Gasteiger partial charge in [-0.2, -0.15) is 18.3 Å². The van der Waals surface area contributed by atoms with Gasteiger partial charge in [-0.15, -0.1) is 0 Å². The zero-order valence-corrected chi connectivity index (χ0v) is 18.8. The molecule has 1 N–H and O–H groups in total. The maximum Gasteiger partial charge on any atom is 0.405 e. The Morgan fingerprint density at radius 3 is 2.46 bits per heavy atom. The van der Waals surface area contributed by atoms with Crippen molar-refractivity contribution >= 4 is 23.0 Å². The number of amides is 1. The fourth-order valence-corrected chi connectivity index (χ4v) is 3.83. The van der Waals surface area contributed by atoms with E-state index >= 15 is 0 Å². The summed E-state index contributed by atoms with van der Waals surface area (Å²) < 4.78 is 41.7. The number of hydrogen-bond donors (Lipinski definition) is 1. The van der Waals surface area contributed by atoms with E-state index in [0.29, 0.717) is 16.7 Å². The molecular formula is C25H22F3N5O2. The number of carbonyl (C=O) groups excluding carboxylic acids is 1. The van der Waals surface area contributed by atoms with Gasteiger partial charge in [0.2, 0.25) is 5.91 Å². The number of aryl methyl sites for hydroxylation is 1. The van der Waals surface area contributed by atoms with E-state index in [1.807, 2.05) is 31.3 Å². The van der Waals surface area contributed by atoms with Crippen molar-refractivity contribution in [2.45, 2.75) is 12.7 Å². The van der Waals surface area contributed by atoms with E-state index in [2.05, 4.69) is 11.7 Å². The summed E-state index contributed by atoms with van der Waals surface area (Å²) in [5, 5.41) is 6.11. The van der Waals surface area contributed by atoms with Crippen LogP contribution in [-0.2, 0) is 18.4 Å². The second kappa shape index (κ2) is 9.49. The maximum atomic E-state index is 13.2. The molecule has 7 nitrogen and oxygen atoms in total. The fraction of sp³-hybridized carbons (Fsp3) is 0.160. The number of aromatic nitrogens is 4. The third-order valence-corrected chi connectivity index (χ3v) is 5.43. The highest BCUT2D eigenvalue weighted by Crippen LogP contribution is 2.26. The van der Waals surface area contributed by atoms with Gasteiger partial charge in [0.1, 0.15) is 13.1 Å². The molecular weight excluding hydrogens is 459 g/mol. The number of alkyl halides is 3. The van der Waals surface area contributed by atoms with Gasteiger partial charge in [-0.05, 0) is 35.9 Å². The van der Waals surface area contributed by atoms with Crippen molar-refractivity contribution in [3.8, 4) is 16.8 Å². The lowest BCUT2D eigenvalue weighted by Gasteiger charge is -2.08. The van der Waals surface area contributed by atoms with Crippen molar-refractivity contribution in [3.05, 3.63) is 89.6 Å². The van der Waals surface area contributed by atoms with Crippen LogP contribution in [0.15, 0.2) is 78.3 Å². The number of benzene rings is 2. The van der Waals surface area contributed by atoms with Crippen LogP contribution in [0.25, 0.3) is 33.9 Å². The molecule has 1 amide bonds. The number of nitrogens with zero attached hydrogens (tertiary/aromatic N) is 4. The minimum Gasteiger partial charge on any atom is -0.345 e. The second-order valence-corrected chi connectivity index (χ2v) is 7.79. The number of nitrogens with one attached hydrogen (secondary N) is 1. The first-order chi connectivity index (χ1) is 16.7. The Morgan fingerprint density at radius 1 is 1.11 bits per heavy atom. The minimum absolute atomic E-state index is 0.438. The van der Waals surface area contributed by atoms with Crippen molar-refractivity contribution in [1.29, 1.82) is 0 Å². The largest absolute Gasteiger partial charge is 0.405 e. The molecule has 0 saturated heterocycles. The van der Waals surface area contributed by atoms with Crippen LogP contribution in [-0.4, -0.2) is 37.5 Å². The first kappa shape index (κ1) is 23.8. The standard InChI is InChI=1S/C25H22F3N5O2/c1-3-4-7-20-19(14-30-31(20)2)17-10-12-18(13-11-17)33-22-9-6-5-8-21(22)32(24(33)35)15-23(34)29-16-25(26,27)28/h3-14H,1,15-16H2,2H3,(H,29,34)/b7-4-. The molecule has 2 aromatic heterocycles. The average molecular weight is 481 g/mol. The summed E-state index contributed by atoms with van der Waals surface area (Å²) in [7, 11) is 1.83. The Labute approximate surface area is 198 Å². The lowest BCUT2D eigenvalue weighted by atomic mass is 10.1. The first-order valence-corrected chi connectivity index (χ1v) is 10.7. The van der Waals surface area contributed by atoms with Crippen LogP contribution < -0.4 is 11.0 Å². The van der Waals surface area contributed by atoms with E-state index in [9.17, 15) is 22.8 Å². The number of carbonyl (C=O) groups is 1. The Kier molecular flexibility index (Phi) is 6.46. The summed E-state index contributed by atoms with van der Waals surface area (Å²) in [6.45, 7) is 1.69. The highest BCUT2D eigenvalue weighted by Gasteiger charge is 2.28. The van der Waals surface area contributed by atoms with Crippen molar-refractivity contribution in [3.63, 3.8) is 0 Å². The molecule has 180 valence electrons. The van der Waals surface area contributed by atoms with Gasteiger partial charge in [0.15, 0.2) is 0 Å². The zero-order valence-electron chi connectivity index (χ0n) is 18.8. The van der Waals surface area contributed by atoms with Crippen LogP contribution in [0.1, 0.15) is 5.69 Å². The maximum absolute atomic E-state index is 13.2. The van der Waals surface area contributed by atoms with Gasteiger partial charge >= 0.3 is 11.9 Å². The molecule has 0 aliphatic carbocycles. The lowest BCUT2D eigenvalue weighted by molar-refractivity contribution is -0.138. The number of fused-ring (bicyclic) bond motifs is 1. The van der Waals surface area contributed by atoms with Gasteiger partial charge in [-0.1, -0.05) is 43.0 Å². The molecule has 0 unspecified atom stereocenters. The molecule has 10 heteroatoms. The summed E-state index contributed by atoms with van der Waals surface area (Å²) in [4.78, 5) is 25.4. The molecule has 0 fully saturated rings. The van der Waals surface area contributed by atoms with Crippen LogP contribution in [0.5, 0.6) is 0 Å². The second-order valence-electron chi connectivity index (χ2n) is 7.79. The molecule has 0 bridgehead atoms. The van der Waals surface area contributed by atoms with Gasteiger partial charge in [0.05, 0.1) is 28.6 Å². The van der Waals surface area contributed by atoms with Crippen LogP contribution in [0.3, 0.4) is 0 Å². The summed E-state index contributed by atoms with van der Waals surface area (Å²) in [6, 6.07) is 14.0.